The average molecular weight is 316 g/mol. The number of hydrogen-bond donors (Lipinski definition) is 1. The summed E-state index contributed by atoms with van der Waals surface area (Å²) < 4.78 is 6.68. The minimum Gasteiger partial charge on any atom is -0.482 e. The third kappa shape index (κ3) is 3.63. The number of nitrogens with two attached hydrogens (primary N) is 1. The number of benzene rings is 1. The molecule has 102 valence electrons. The van der Waals surface area contributed by atoms with Crippen molar-refractivity contribution in [2.24, 2.45) is 5.73 Å². The first-order valence-corrected chi connectivity index (χ1v) is 7.48. The van der Waals surface area contributed by atoms with Gasteiger partial charge in [0.05, 0.1) is 9.36 Å². The first kappa shape index (κ1) is 14.7. The third-order valence-corrected chi connectivity index (χ3v) is 4.28. The summed E-state index contributed by atoms with van der Waals surface area (Å²) in [6.45, 7) is 3.89. The van der Waals surface area contributed by atoms with Crippen molar-refractivity contribution in [3.05, 3.63) is 50.1 Å². The maximum atomic E-state index is 6.18. The van der Waals surface area contributed by atoms with E-state index in [9.17, 15) is 0 Å². The van der Waals surface area contributed by atoms with Crippen LogP contribution < -0.4 is 10.5 Å². The first-order valence-electron chi connectivity index (χ1n) is 5.91. The molecule has 0 amide bonds. The van der Waals surface area contributed by atoms with Crippen LogP contribution >= 0.6 is 34.5 Å². The Morgan fingerprint density at radius 3 is 2.47 bits per heavy atom. The first-order chi connectivity index (χ1) is 8.97. The lowest BCUT2D eigenvalue weighted by Gasteiger charge is -2.22. The summed E-state index contributed by atoms with van der Waals surface area (Å²) in [5, 5.41) is 0.591. The smallest absolute Gasteiger partial charge is 0.148 e. The number of thiophene rings is 1. The monoisotopic (exact) mass is 315 g/mol. The lowest BCUT2D eigenvalue weighted by Crippen LogP contribution is -2.28. The summed E-state index contributed by atoms with van der Waals surface area (Å²) in [5.41, 5.74) is 7.09. The Balaban J connectivity index is 2.26. The van der Waals surface area contributed by atoms with Crippen LogP contribution in [0.15, 0.2) is 30.3 Å². The maximum absolute atomic E-state index is 6.18. The molecule has 2 nitrogen and oxygen atoms in total. The van der Waals surface area contributed by atoms with Gasteiger partial charge in [0.15, 0.2) is 0 Å². The van der Waals surface area contributed by atoms with E-state index in [0.717, 1.165) is 14.8 Å². The van der Waals surface area contributed by atoms with E-state index in [2.05, 4.69) is 0 Å². The molecule has 0 radical (unpaired) electrons. The molecule has 2 atom stereocenters. The van der Waals surface area contributed by atoms with Gasteiger partial charge in [0.25, 0.3) is 0 Å². The molecule has 5 heteroatoms. The fourth-order valence-electron chi connectivity index (χ4n) is 1.74. The molecule has 0 saturated carbocycles. The molecule has 2 N–H and O–H groups in total. The van der Waals surface area contributed by atoms with Gasteiger partial charge >= 0.3 is 0 Å². The summed E-state index contributed by atoms with van der Waals surface area (Å²) in [6, 6.07) is 9.31. The Labute approximate surface area is 127 Å². The Kier molecular flexibility index (Phi) is 4.74. The van der Waals surface area contributed by atoms with E-state index in [4.69, 9.17) is 33.7 Å². The molecule has 2 aromatic rings. The molecule has 1 heterocycles. The summed E-state index contributed by atoms with van der Waals surface area (Å²) >= 11 is 13.6. The second kappa shape index (κ2) is 6.14. The third-order valence-electron chi connectivity index (χ3n) is 2.69. The number of aryl methyl sites for hydroxylation is 1. The predicted octanol–water partition coefficient (Wildman–Crippen LogP) is 4.83. The fourth-order valence-corrected chi connectivity index (χ4v) is 3.23. The van der Waals surface area contributed by atoms with Crippen LogP contribution in [0.2, 0.25) is 9.36 Å². The zero-order valence-electron chi connectivity index (χ0n) is 10.7. The van der Waals surface area contributed by atoms with Crippen molar-refractivity contribution < 1.29 is 4.74 Å². The van der Waals surface area contributed by atoms with E-state index in [1.165, 1.54) is 11.3 Å². The SMILES string of the molecule is Cc1ccc(OC(c2ccc(Cl)s2)C(C)N)c(Cl)c1. The van der Waals surface area contributed by atoms with Gasteiger partial charge < -0.3 is 10.5 Å². The molecule has 0 aliphatic rings. The van der Waals surface area contributed by atoms with E-state index in [0.29, 0.717) is 10.8 Å². The number of rotatable bonds is 4. The Hall–Kier alpha value is -0.740. The lowest BCUT2D eigenvalue weighted by atomic mass is 10.1. The van der Waals surface area contributed by atoms with E-state index in [-0.39, 0.29) is 12.1 Å². The molecule has 2 rings (SSSR count). The number of ether oxygens (including phenoxy) is 1. The van der Waals surface area contributed by atoms with Gasteiger partial charge in [-0.15, -0.1) is 11.3 Å². The van der Waals surface area contributed by atoms with Crippen LogP contribution in [-0.2, 0) is 0 Å². The van der Waals surface area contributed by atoms with Crippen LogP contribution in [0, 0.1) is 6.92 Å². The van der Waals surface area contributed by atoms with Crippen LogP contribution in [0.5, 0.6) is 5.75 Å². The molecule has 0 aliphatic carbocycles. The maximum Gasteiger partial charge on any atom is 0.148 e. The molecule has 1 aromatic carbocycles. The minimum atomic E-state index is -0.252. The Morgan fingerprint density at radius 2 is 1.95 bits per heavy atom. The highest BCUT2D eigenvalue weighted by Crippen LogP contribution is 2.34. The molecule has 0 fully saturated rings. The molecule has 19 heavy (non-hydrogen) atoms. The van der Waals surface area contributed by atoms with Gasteiger partial charge in [0.2, 0.25) is 0 Å². The summed E-state index contributed by atoms with van der Waals surface area (Å²) in [7, 11) is 0. The van der Waals surface area contributed by atoms with E-state index >= 15 is 0 Å². The van der Waals surface area contributed by atoms with Gasteiger partial charge in [-0.1, -0.05) is 29.3 Å². The standard InChI is InChI=1S/C14H15Cl2NOS/c1-8-3-4-11(10(15)7-8)18-14(9(2)17)12-5-6-13(16)19-12/h3-7,9,14H,17H2,1-2H3. The zero-order chi connectivity index (χ0) is 14.0. The van der Waals surface area contributed by atoms with Gasteiger partial charge in [-0.05, 0) is 43.7 Å². The zero-order valence-corrected chi connectivity index (χ0v) is 13.0. The fraction of sp³-hybridized carbons (Fsp3) is 0.286. The van der Waals surface area contributed by atoms with Gasteiger partial charge in [-0.2, -0.15) is 0 Å². The quantitative estimate of drug-likeness (QED) is 0.877. The normalized spacial score (nSPS) is 14.2. The van der Waals surface area contributed by atoms with Gasteiger partial charge in [0.1, 0.15) is 11.9 Å². The second-order valence-electron chi connectivity index (χ2n) is 4.47. The summed E-state index contributed by atoms with van der Waals surface area (Å²) in [5.74, 6) is 0.638. The van der Waals surface area contributed by atoms with Crippen LogP contribution in [-0.4, -0.2) is 6.04 Å². The highest BCUT2D eigenvalue weighted by Gasteiger charge is 2.21. The predicted molar refractivity (Wildman–Crippen MR) is 82.5 cm³/mol. The summed E-state index contributed by atoms with van der Waals surface area (Å²) in [6.07, 6.45) is -0.252. The number of hydrogen-bond acceptors (Lipinski definition) is 3. The molecule has 0 saturated heterocycles. The van der Waals surface area contributed by atoms with Crippen molar-refractivity contribution in [1.82, 2.24) is 0 Å². The molecule has 0 bridgehead atoms. The van der Waals surface area contributed by atoms with Gasteiger partial charge in [0, 0.05) is 10.9 Å². The molecule has 0 aliphatic heterocycles. The van der Waals surface area contributed by atoms with Crippen LogP contribution in [0.25, 0.3) is 0 Å². The van der Waals surface area contributed by atoms with Gasteiger partial charge in [-0.3, -0.25) is 0 Å². The lowest BCUT2D eigenvalue weighted by molar-refractivity contribution is 0.184. The highest BCUT2D eigenvalue weighted by atomic mass is 35.5. The van der Waals surface area contributed by atoms with Crippen molar-refractivity contribution in [1.29, 1.82) is 0 Å². The van der Waals surface area contributed by atoms with E-state index in [1.807, 2.05) is 44.2 Å². The van der Waals surface area contributed by atoms with Crippen LogP contribution in [0.4, 0.5) is 0 Å². The Morgan fingerprint density at radius 1 is 1.21 bits per heavy atom. The van der Waals surface area contributed by atoms with Crippen LogP contribution in [0.3, 0.4) is 0 Å². The van der Waals surface area contributed by atoms with E-state index < -0.39 is 0 Å². The Bertz CT molecular complexity index is 568. The van der Waals surface area contributed by atoms with Gasteiger partial charge in [-0.25, -0.2) is 0 Å². The molecule has 1 aromatic heterocycles. The van der Waals surface area contributed by atoms with Crippen molar-refractivity contribution in [2.45, 2.75) is 26.0 Å². The van der Waals surface area contributed by atoms with E-state index in [1.54, 1.807) is 0 Å². The number of halogens is 2. The molecule has 0 spiro atoms. The van der Waals surface area contributed by atoms with Crippen molar-refractivity contribution in [3.63, 3.8) is 0 Å². The van der Waals surface area contributed by atoms with Crippen LogP contribution in [0.1, 0.15) is 23.5 Å². The topological polar surface area (TPSA) is 35.2 Å². The average Bonchev–Trinajstić information content (AvgIpc) is 2.74. The minimum absolute atomic E-state index is 0.160. The van der Waals surface area contributed by atoms with Crippen molar-refractivity contribution in [2.75, 3.05) is 0 Å². The van der Waals surface area contributed by atoms with Crippen molar-refractivity contribution in [3.8, 4) is 5.75 Å². The molecular formula is C14H15Cl2NOS. The largest absolute Gasteiger partial charge is 0.482 e. The highest BCUT2D eigenvalue weighted by molar-refractivity contribution is 7.16. The molecular weight excluding hydrogens is 301 g/mol. The molecule has 2 unspecified atom stereocenters. The van der Waals surface area contributed by atoms with Crippen molar-refractivity contribution >= 4 is 34.5 Å². The summed E-state index contributed by atoms with van der Waals surface area (Å²) in [4.78, 5) is 0.997. The second-order valence-corrected chi connectivity index (χ2v) is 6.63.